The van der Waals surface area contributed by atoms with E-state index in [0.29, 0.717) is 29.8 Å². The second-order valence-corrected chi connectivity index (χ2v) is 5.64. The summed E-state index contributed by atoms with van der Waals surface area (Å²) in [5.41, 5.74) is 0.409. The van der Waals surface area contributed by atoms with Crippen molar-refractivity contribution >= 4 is 22.7 Å². The summed E-state index contributed by atoms with van der Waals surface area (Å²) >= 11 is 0. The van der Waals surface area contributed by atoms with Crippen LogP contribution in [0, 0.1) is 0 Å². The Morgan fingerprint density at radius 2 is 2.04 bits per heavy atom. The molecule has 3 rings (SSSR count). The average molecular weight is 314 g/mol. The number of nitrogens with zero attached hydrogens (tertiary/aromatic N) is 3. The standard InChI is InChI=1S/C16H18N4O3/c1-3-20-14(21)8-12(16(20)23)19(2)9-13-17-11-7-5-4-6-10(11)15(22)18-13/h4-7,12H,3,8-9H2,1-2H3,(H,17,18,22)/t12-/m0/s1. The summed E-state index contributed by atoms with van der Waals surface area (Å²) in [5, 5.41) is 0.531. The highest BCUT2D eigenvalue weighted by molar-refractivity contribution is 6.05. The van der Waals surface area contributed by atoms with E-state index in [1.807, 2.05) is 6.07 Å². The lowest BCUT2D eigenvalue weighted by atomic mass is 10.2. The Kier molecular flexibility index (Phi) is 3.96. The lowest BCUT2D eigenvalue weighted by Crippen LogP contribution is -2.40. The third-order valence-corrected chi connectivity index (χ3v) is 4.13. The molecule has 0 radical (unpaired) electrons. The van der Waals surface area contributed by atoms with Gasteiger partial charge >= 0.3 is 0 Å². The fourth-order valence-electron chi connectivity index (χ4n) is 2.90. The zero-order chi connectivity index (χ0) is 16.6. The minimum atomic E-state index is -0.501. The van der Waals surface area contributed by atoms with E-state index in [1.165, 1.54) is 4.90 Å². The number of nitrogens with one attached hydrogen (secondary N) is 1. The number of hydrogen-bond donors (Lipinski definition) is 1. The predicted octanol–water partition coefficient (Wildman–Crippen LogP) is 0.502. The quantitative estimate of drug-likeness (QED) is 0.831. The summed E-state index contributed by atoms with van der Waals surface area (Å²) in [4.78, 5) is 46.3. The third kappa shape index (κ3) is 2.75. The first-order valence-corrected chi connectivity index (χ1v) is 7.53. The normalized spacial score (nSPS) is 18.4. The molecule has 2 heterocycles. The van der Waals surface area contributed by atoms with Gasteiger partial charge in [-0.1, -0.05) is 12.1 Å². The molecule has 120 valence electrons. The number of imide groups is 1. The van der Waals surface area contributed by atoms with Crippen molar-refractivity contribution < 1.29 is 9.59 Å². The monoisotopic (exact) mass is 314 g/mol. The summed E-state index contributed by atoms with van der Waals surface area (Å²) in [7, 11) is 1.75. The number of H-pyrrole nitrogens is 1. The highest BCUT2D eigenvalue weighted by Gasteiger charge is 2.39. The fraction of sp³-hybridized carbons (Fsp3) is 0.375. The topological polar surface area (TPSA) is 86.4 Å². The van der Waals surface area contributed by atoms with Gasteiger partial charge in [0.15, 0.2) is 0 Å². The van der Waals surface area contributed by atoms with Crippen LogP contribution < -0.4 is 5.56 Å². The van der Waals surface area contributed by atoms with Crippen LogP contribution in [0.25, 0.3) is 10.9 Å². The smallest absolute Gasteiger partial charge is 0.258 e. The largest absolute Gasteiger partial charge is 0.309 e. The highest BCUT2D eigenvalue weighted by Crippen LogP contribution is 2.18. The van der Waals surface area contributed by atoms with E-state index in [4.69, 9.17) is 0 Å². The van der Waals surface area contributed by atoms with Crippen molar-refractivity contribution in [2.45, 2.75) is 25.9 Å². The summed E-state index contributed by atoms with van der Waals surface area (Å²) in [6, 6.07) is 6.59. The molecule has 1 fully saturated rings. The number of benzene rings is 1. The Bertz CT molecular complexity index is 829. The zero-order valence-corrected chi connectivity index (χ0v) is 13.1. The Morgan fingerprint density at radius 1 is 1.30 bits per heavy atom. The molecule has 0 saturated carbocycles. The molecule has 1 aromatic carbocycles. The Morgan fingerprint density at radius 3 is 2.74 bits per heavy atom. The first kappa shape index (κ1) is 15.4. The molecule has 1 saturated heterocycles. The van der Waals surface area contributed by atoms with E-state index < -0.39 is 6.04 Å². The molecular weight excluding hydrogens is 296 g/mol. The molecule has 1 aliphatic heterocycles. The number of amides is 2. The van der Waals surface area contributed by atoms with Gasteiger partial charge < -0.3 is 4.98 Å². The van der Waals surface area contributed by atoms with Crippen molar-refractivity contribution in [3.8, 4) is 0 Å². The number of hydrogen-bond acceptors (Lipinski definition) is 5. The van der Waals surface area contributed by atoms with Crippen LogP contribution in [0.15, 0.2) is 29.1 Å². The van der Waals surface area contributed by atoms with Gasteiger partial charge in [-0.05, 0) is 26.1 Å². The van der Waals surface area contributed by atoms with Gasteiger partial charge in [0.25, 0.3) is 5.56 Å². The molecule has 0 aliphatic carbocycles. The molecule has 1 aromatic heterocycles. The van der Waals surface area contributed by atoms with Crippen molar-refractivity contribution in [1.29, 1.82) is 0 Å². The zero-order valence-electron chi connectivity index (χ0n) is 13.1. The fourth-order valence-corrected chi connectivity index (χ4v) is 2.90. The van der Waals surface area contributed by atoms with Crippen LogP contribution >= 0.6 is 0 Å². The van der Waals surface area contributed by atoms with Crippen LogP contribution in [-0.2, 0) is 16.1 Å². The number of aromatic amines is 1. The number of likely N-dealkylation sites (tertiary alicyclic amines) is 1. The second kappa shape index (κ2) is 5.92. The van der Waals surface area contributed by atoms with E-state index in [-0.39, 0.29) is 23.8 Å². The molecule has 1 aliphatic rings. The Labute approximate surface area is 132 Å². The van der Waals surface area contributed by atoms with Crippen molar-refractivity contribution in [3.05, 3.63) is 40.4 Å². The molecule has 7 heteroatoms. The molecule has 7 nitrogen and oxygen atoms in total. The molecule has 0 bridgehead atoms. The third-order valence-electron chi connectivity index (χ3n) is 4.13. The first-order valence-electron chi connectivity index (χ1n) is 7.53. The van der Waals surface area contributed by atoms with Crippen molar-refractivity contribution in [1.82, 2.24) is 19.8 Å². The van der Waals surface area contributed by atoms with Gasteiger partial charge in [0.1, 0.15) is 5.82 Å². The molecule has 0 unspecified atom stereocenters. The van der Waals surface area contributed by atoms with Gasteiger partial charge in [-0.3, -0.25) is 24.2 Å². The first-order chi connectivity index (χ1) is 11.0. The van der Waals surface area contributed by atoms with E-state index >= 15 is 0 Å². The van der Waals surface area contributed by atoms with Crippen molar-refractivity contribution in [2.75, 3.05) is 13.6 Å². The van der Waals surface area contributed by atoms with Crippen LogP contribution in [0.2, 0.25) is 0 Å². The maximum absolute atomic E-state index is 12.2. The molecule has 2 aromatic rings. The van der Waals surface area contributed by atoms with Crippen LogP contribution in [0.4, 0.5) is 0 Å². The Hall–Kier alpha value is -2.54. The maximum atomic E-state index is 12.2. The maximum Gasteiger partial charge on any atom is 0.258 e. The van der Waals surface area contributed by atoms with Crippen LogP contribution in [0.5, 0.6) is 0 Å². The summed E-state index contributed by atoms with van der Waals surface area (Å²) in [6.07, 6.45) is 0.168. The average Bonchev–Trinajstić information content (AvgIpc) is 2.81. The van der Waals surface area contributed by atoms with Gasteiger partial charge in [-0.2, -0.15) is 0 Å². The second-order valence-electron chi connectivity index (χ2n) is 5.64. The highest BCUT2D eigenvalue weighted by atomic mass is 16.2. The number of para-hydroxylation sites is 1. The molecule has 0 spiro atoms. The molecule has 23 heavy (non-hydrogen) atoms. The van der Waals surface area contributed by atoms with Crippen LogP contribution in [-0.4, -0.2) is 51.2 Å². The van der Waals surface area contributed by atoms with Crippen molar-refractivity contribution in [2.24, 2.45) is 0 Å². The minimum Gasteiger partial charge on any atom is -0.309 e. The van der Waals surface area contributed by atoms with Crippen LogP contribution in [0.1, 0.15) is 19.2 Å². The van der Waals surface area contributed by atoms with Gasteiger partial charge in [0.2, 0.25) is 11.8 Å². The summed E-state index contributed by atoms with van der Waals surface area (Å²) in [5.74, 6) is 0.129. The van der Waals surface area contributed by atoms with Gasteiger partial charge in [-0.25, -0.2) is 4.98 Å². The summed E-state index contributed by atoms with van der Waals surface area (Å²) in [6.45, 7) is 2.45. The number of likely N-dealkylation sites (N-methyl/N-ethyl adjacent to an activating group) is 2. The predicted molar refractivity (Wildman–Crippen MR) is 84.6 cm³/mol. The minimum absolute atomic E-state index is 0.158. The lowest BCUT2D eigenvalue weighted by molar-refractivity contribution is -0.139. The van der Waals surface area contributed by atoms with Crippen LogP contribution in [0.3, 0.4) is 0 Å². The molecule has 1 N–H and O–H groups in total. The Balaban J connectivity index is 1.83. The number of rotatable bonds is 4. The number of carbonyl (C=O) groups excluding carboxylic acids is 2. The number of aromatic nitrogens is 2. The number of fused-ring (bicyclic) bond motifs is 1. The summed E-state index contributed by atoms with van der Waals surface area (Å²) < 4.78 is 0. The molecule has 2 amide bonds. The lowest BCUT2D eigenvalue weighted by Gasteiger charge is -2.22. The van der Waals surface area contributed by atoms with E-state index in [1.54, 1.807) is 37.1 Å². The van der Waals surface area contributed by atoms with Crippen molar-refractivity contribution in [3.63, 3.8) is 0 Å². The SMILES string of the molecule is CCN1C(=O)C[C@H](N(C)Cc2nc3ccccc3c(=O)[nH]2)C1=O. The number of carbonyl (C=O) groups is 2. The van der Waals surface area contributed by atoms with E-state index in [2.05, 4.69) is 9.97 Å². The van der Waals surface area contributed by atoms with E-state index in [9.17, 15) is 14.4 Å². The molecular formula is C16H18N4O3. The molecule has 1 atom stereocenters. The van der Waals surface area contributed by atoms with Gasteiger partial charge in [0.05, 0.1) is 29.9 Å². The van der Waals surface area contributed by atoms with Gasteiger partial charge in [-0.15, -0.1) is 0 Å². The van der Waals surface area contributed by atoms with Gasteiger partial charge in [0, 0.05) is 6.54 Å². The van der Waals surface area contributed by atoms with E-state index in [0.717, 1.165) is 0 Å².